The first-order valence-corrected chi connectivity index (χ1v) is 9.67. The van der Waals surface area contributed by atoms with Gasteiger partial charge in [-0.15, -0.1) is 13.2 Å². The summed E-state index contributed by atoms with van der Waals surface area (Å²) < 4.78 is 5.75. The average Bonchev–Trinajstić information content (AvgIpc) is 2.68. The first-order valence-electron chi connectivity index (χ1n) is 9.67. The van der Waals surface area contributed by atoms with Gasteiger partial charge >= 0.3 is 0 Å². The van der Waals surface area contributed by atoms with E-state index in [0.29, 0.717) is 6.54 Å². The van der Waals surface area contributed by atoms with Crippen LogP contribution < -0.4 is 4.74 Å². The van der Waals surface area contributed by atoms with E-state index in [2.05, 4.69) is 47.2 Å². The van der Waals surface area contributed by atoms with E-state index >= 15 is 0 Å². The largest absolute Gasteiger partial charge is 0.491 e. The minimum atomic E-state index is -0.538. The number of nitrogens with zero attached hydrogens (tertiary/aromatic N) is 2. The number of hydrogen-bond acceptors (Lipinski definition) is 4. The zero-order chi connectivity index (χ0) is 20.2. The third-order valence-corrected chi connectivity index (χ3v) is 4.36. The Morgan fingerprint density at radius 3 is 2.14 bits per heavy atom. The molecule has 0 aliphatic carbocycles. The van der Waals surface area contributed by atoms with Crippen LogP contribution in [0.25, 0.3) is 0 Å². The SMILES string of the molecule is C=CCN(CC=C)Cc1ccc(OC[C@H](O)CN(C)Cc2ccccc2)cc1. The van der Waals surface area contributed by atoms with Gasteiger partial charge in [0.25, 0.3) is 0 Å². The fraction of sp³-hybridized carbons (Fsp3) is 0.333. The highest BCUT2D eigenvalue weighted by Crippen LogP contribution is 2.14. The molecule has 0 aliphatic heterocycles. The van der Waals surface area contributed by atoms with Gasteiger partial charge in [-0.05, 0) is 30.3 Å². The predicted octanol–water partition coefficient (Wildman–Crippen LogP) is 3.73. The lowest BCUT2D eigenvalue weighted by atomic mass is 10.2. The van der Waals surface area contributed by atoms with Crippen molar-refractivity contribution in [3.05, 3.63) is 91.0 Å². The van der Waals surface area contributed by atoms with E-state index in [0.717, 1.165) is 31.9 Å². The van der Waals surface area contributed by atoms with Crippen LogP contribution >= 0.6 is 0 Å². The number of benzene rings is 2. The molecule has 4 heteroatoms. The quantitative estimate of drug-likeness (QED) is 0.537. The van der Waals surface area contributed by atoms with E-state index in [9.17, 15) is 5.11 Å². The molecule has 1 N–H and O–H groups in total. The second kappa shape index (κ2) is 12.1. The molecule has 0 bridgehead atoms. The van der Waals surface area contributed by atoms with Crippen LogP contribution in [0.15, 0.2) is 79.9 Å². The number of rotatable bonds is 13. The molecule has 0 aromatic heterocycles. The molecule has 0 heterocycles. The van der Waals surface area contributed by atoms with Crippen molar-refractivity contribution < 1.29 is 9.84 Å². The first kappa shape index (κ1) is 21.9. The molecule has 0 saturated heterocycles. The van der Waals surface area contributed by atoms with Crippen LogP contribution in [0.2, 0.25) is 0 Å². The van der Waals surface area contributed by atoms with Crippen LogP contribution in [0.4, 0.5) is 0 Å². The minimum Gasteiger partial charge on any atom is -0.491 e. The smallest absolute Gasteiger partial charge is 0.119 e. The molecule has 0 amide bonds. The van der Waals surface area contributed by atoms with Gasteiger partial charge in [0.1, 0.15) is 18.5 Å². The molecule has 2 aromatic carbocycles. The lowest BCUT2D eigenvalue weighted by Crippen LogP contribution is -2.32. The van der Waals surface area contributed by atoms with Crippen molar-refractivity contribution in [1.29, 1.82) is 0 Å². The van der Waals surface area contributed by atoms with Crippen LogP contribution in [0.5, 0.6) is 5.75 Å². The molecule has 0 fully saturated rings. The second-order valence-corrected chi connectivity index (χ2v) is 7.06. The Morgan fingerprint density at radius 1 is 0.929 bits per heavy atom. The maximum absolute atomic E-state index is 10.3. The van der Waals surface area contributed by atoms with Crippen molar-refractivity contribution in [2.75, 3.05) is 33.3 Å². The van der Waals surface area contributed by atoms with Crippen LogP contribution in [-0.2, 0) is 13.1 Å². The van der Waals surface area contributed by atoms with Crippen molar-refractivity contribution in [1.82, 2.24) is 9.80 Å². The van der Waals surface area contributed by atoms with Gasteiger partial charge in [0.05, 0.1) is 0 Å². The normalized spacial score (nSPS) is 12.1. The Balaban J connectivity index is 1.75. The highest BCUT2D eigenvalue weighted by atomic mass is 16.5. The van der Waals surface area contributed by atoms with Gasteiger partial charge in [-0.2, -0.15) is 0 Å². The zero-order valence-corrected chi connectivity index (χ0v) is 16.8. The molecule has 2 aromatic rings. The summed E-state index contributed by atoms with van der Waals surface area (Å²) in [6.45, 7) is 11.7. The molecule has 0 radical (unpaired) electrons. The second-order valence-electron chi connectivity index (χ2n) is 7.06. The van der Waals surface area contributed by atoms with E-state index in [1.165, 1.54) is 11.1 Å². The average molecular weight is 381 g/mol. The molecule has 150 valence electrons. The maximum Gasteiger partial charge on any atom is 0.119 e. The van der Waals surface area contributed by atoms with E-state index in [-0.39, 0.29) is 6.61 Å². The third kappa shape index (κ3) is 8.09. The number of ether oxygens (including phenoxy) is 1. The lowest BCUT2D eigenvalue weighted by molar-refractivity contribution is 0.0744. The fourth-order valence-corrected chi connectivity index (χ4v) is 3.08. The summed E-state index contributed by atoms with van der Waals surface area (Å²) in [5.74, 6) is 0.771. The fourth-order valence-electron chi connectivity index (χ4n) is 3.08. The van der Waals surface area contributed by atoms with E-state index < -0.39 is 6.10 Å². The standard InChI is InChI=1S/C24H32N2O2/c1-4-15-26(16-5-2)18-22-11-13-24(14-12-22)28-20-23(27)19-25(3)17-21-9-7-6-8-10-21/h4-14,23,27H,1-2,15-20H2,3H3/t23-/m1/s1. The van der Waals surface area contributed by atoms with Crippen molar-refractivity contribution >= 4 is 0 Å². The van der Waals surface area contributed by atoms with Gasteiger partial charge in [0.15, 0.2) is 0 Å². The zero-order valence-electron chi connectivity index (χ0n) is 16.8. The minimum absolute atomic E-state index is 0.275. The summed E-state index contributed by atoms with van der Waals surface area (Å²) in [4.78, 5) is 4.35. The summed E-state index contributed by atoms with van der Waals surface area (Å²) in [5, 5.41) is 10.3. The number of aliphatic hydroxyl groups is 1. The highest BCUT2D eigenvalue weighted by molar-refractivity contribution is 5.27. The maximum atomic E-state index is 10.3. The van der Waals surface area contributed by atoms with Gasteiger partial charge in [0, 0.05) is 32.7 Å². The molecule has 1 atom stereocenters. The molecule has 0 saturated carbocycles. The highest BCUT2D eigenvalue weighted by Gasteiger charge is 2.10. The monoisotopic (exact) mass is 380 g/mol. The molecular formula is C24H32N2O2. The molecule has 0 unspecified atom stereocenters. The summed E-state index contributed by atoms with van der Waals surface area (Å²) in [5.41, 5.74) is 2.44. The van der Waals surface area contributed by atoms with Crippen molar-refractivity contribution in [3.8, 4) is 5.75 Å². The third-order valence-electron chi connectivity index (χ3n) is 4.36. The Morgan fingerprint density at radius 2 is 1.54 bits per heavy atom. The van der Waals surface area contributed by atoms with Gasteiger partial charge in [-0.1, -0.05) is 54.6 Å². The molecular weight excluding hydrogens is 348 g/mol. The molecule has 0 spiro atoms. The Bertz CT molecular complexity index is 690. The number of hydrogen-bond donors (Lipinski definition) is 1. The Kier molecular flexibility index (Phi) is 9.49. The topological polar surface area (TPSA) is 35.9 Å². The van der Waals surface area contributed by atoms with Gasteiger partial charge in [-0.3, -0.25) is 9.80 Å². The van der Waals surface area contributed by atoms with E-state index in [4.69, 9.17) is 4.74 Å². The first-order chi connectivity index (χ1) is 13.6. The number of likely N-dealkylation sites (N-methyl/N-ethyl adjacent to an activating group) is 1. The molecule has 4 nitrogen and oxygen atoms in total. The molecule has 28 heavy (non-hydrogen) atoms. The summed E-state index contributed by atoms with van der Waals surface area (Å²) in [7, 11) is 2.00. The lowest BCUT2D eigenvalue weighted by Gasteiger charge is -2.21. The Hall–Kier alpha value is -2.40. The summed E-state index contributed by atoms with van der Waals surface area (Å²) in [6, 6.07) is 18.3. The summed E-state index contributed by atoms with van der Waals surface area (Å²) >= 11 is 0. The van der Waals surface area contributed by atoms with Crippen molar-refractivity contribution in [2.24, 2.45) is 0 Å². The van der Waals surface area contributed by atoms with Crippen LogP contribution in [0, 0.1) is 0 Å². The molecule has 0 aliphatic rings. The van der Waals surface area contributed by atoms with Crippen molar-refractivity contribution in [3.63, 3.8) is 0 Å². The van der Waals surface area contributed by atoms with Gasteiger partial charge in [-0.25, -0.2) is 0 Å². The van der Waals surface area contributed by atoms with Crippen LogP contribution in [-0.4, -0.2) is 54.3 Å². The molecule has 2 rings (SSSR count). The number of aliphatic hydroxyl groups excluding tert-OH is 1. The van der Waals surface area contributed by atoms with E-state index in [1.807, 2.05) is 49.5 Å². The van der Waals surface area contributed by atoms with Gasteiger partial charge in [0.2, 0.25) is 0 Å². The van der Waals surface area contributed by atoms with Crippen LogP contribution in [0.1, 0.15) is 11.1 Å². The van der Waals surface area contributed by atoms with E-state index in [1.54, 1.807) is 0 Å². The van der Waals surface area contributed by atoms with Crippen molar-refractivity contribution in [2.45, 2.75) is 19.2 Å². The summed E-state index contributed by atoms with van der Waals surface area (Å²) in [6.07, 6.45) is 3.26. The predicted molar refractivity (Wildman–Crippen MR) is 116 cm³/mol. The Labute approximate surface area is 169 Å². The van der Waals surface area contributed by atoms with Crippen LogP contribution in [0.3, 0.4) is 0 Å². The van der Waals surface area contributed by atoms with Gasteiger partial charge < -0.3 is 9.84 Å².